The summed E-state index contributed by atoms with van der Waals surface area (Å²) in [7, 11) is 0. The van der Waals surface area contributed by atoms with Crippen molar-refractivity contribution in [2.24, 2.45) is 0 Å². The number of carbonyl (C=O) groups is 2. The third-order valence-corrected chi connectivity index (χ3v) is 3.36. The van der Waals surface area contributed by atoms with Gasteiger partial charge in [0.05, 0.1) is 0 Å². The van der Waals surface area contributed by atoms with Crippen LogP contribution in [-0.2, 0) is 9.59 Å². The third-order valence-electron chi connectivity index (χ3n) is 1.08. The van der Waals surface area contributed by atoms with Crippen molar-refractivity contribution < 1.29 is 19.8 Å². The van der Waals surface area contributed by atoms with E-state index in [4.69, 9.17) is 10.2 Å². The minimum absolute atomic E-state index is 0.465. The second-order valence-corrected chi connectivity index (χ2v) is 4.34. The van der Waals surface area contributed by atoms with E-state index in [0.717, 1.165) is 0 Å². The quantitative estimate of drug-likeness (QED) is 0.407. The van der Waals surface area contributed by atoms with E-state index in [0.29, 0.717) is 0 Å². The van der Waals surface area contributed by atoms with E-state index in [9.17, 15) is 9.59 Å². The molecule has 2 atom stereocenters. The molecule has 2 unspecified atom stereocenters. The molecule has 0 amide bonds. The molecule has 1 heterocycles. The molecule has 0 aliphatic carbocycles. The monoisotopic (exact) mass is 192 g/mol. The zero-order valence-corrected chi connectivity index (χ0v) is 6.46. The van der Waals surface area contributed by atoms with Crippen LogP contribution in [0.3, 0.4) is 0 Å². The molecule has 4 nitrogen and oxygen atoms in total. The van der Waals surface area contributed by atoms with Crippen molar-refractivity contribution in [3.8, 4) is 0 Å². The maximum absolute atomic E-state index is 10.4. The Morgan fingerprint density at radius 2 is 1.44 bits per heavy atom. The molecule has 0 aromatic rings. The first-order valence-electron chi connectivity index (χ1n) is 2.34. The molecule has 0 bridgehead atoms. The first-order chi connectivity index (χ1) is 4.13. The summed E-state index contributed by atoms with van der Waals surface area (Å²) >= 11 is -1.37. The summed E-state index contributed by atoms with van der Waals surface area (Å²) in [6.45, 7) is 0. The number of hydrogen-bond donors (Lipinski definition) is 2. The van der Waals surface area contributed by atoms with Crippen molar-refractivity contribution in [2.45, 2.75) is 12.2 Å². The summed E-state index contributed by atoms with van der Waals surface area (Å²) in [5, 5.41) is 17.3. The predicted octanol–water partition coefficient (Wildman–Crippen LogP) is -2.79. The van der Waals surface area contributed by atoms with Gasteiger partial charge in [0.15, 0.2) is 0 Å². The van der Waals surface area contributed by atoms with Gasteiger partial charge in [-0.15, -0.1) is 0 Å². The van der Waals surface area contributed by atoms with Gasteiger partial charge in [-0.3, -0.25) is 0 Å². The van der Waals surface area contributed by atoms with Crippen LogP contribution in [0.15, 0.2) is 0 Å². The fourth-order valence-corrected chi connectivity index (χ4v) is 2.35. The van der Waals surface area contributed by atoms with Crippen molar-refractivity contribution >= 4 is 24.9 Å². The van der Waals surface area contributed by atoms with Gasteiger partial charge in [-0.05, 0) is 0 Å². The molecule has 50 valence electrons. The van der Waals surface area contributed by atoms with Gasteiger partial charge < -0.3 is 0 Å². The number of hydrogen-bond acceptors (Lipinski definition) is 4. The molecule has 9 heavy (non-hydrogen) atoms. The Morgan fingerprint density at radius 3 is 1.56 bits per heavy atom. The van der Waals surface area contributed by atoms with Gasteiger partial charge in [-0.25, -0.2) is 0 Å². The fraction of sp³-hybridized carbons (Fsp3) is 0.500. The van der Waals surface area contributed by atoms with Gasteiger partial charge in [0.2, 0.25) is 0 Å². The van der Waals surface area contributed by atoms with Crippen LogP contribution >= 0.6 is 0 Å². The summed E-state index contributed by atoms with van der Waals surface area (Å²) in [4.78, 5) is 20.8. The third kappa shape index (κ3) is 1.06. The first kappa shape index (κ1) is 6.93. The summed E-state index contributed by atoms with van der Waals surface area (Å²) < 4.78 is -0.931. The van der Waals surface area contributed by atoms with E-state index in [1.807, 2.05) is 0 Å². The molecular formula is C4H5AsO4. The predicted molar refractivity (Wildman–Crippen MR) is 29.2 cm³/mol. The second-order valence-electron chi connectivity index (χ2n) is 1.74. The Hall–Kier alpha value is -0.182. The second kappa shape index (κ2) is 2.21. The molecule has 1 saturated heterocycles. The average Bonchev–Trinajstić information content (AvgIpc) is 1.98. The van der Waals surface area contributed by atoms with Crippen LogP contribution in [0.25, 0.3) is 0 Å². The Morgan fingerprint density at radius 1 is 1.11 bits per heavy atom. The van der Waals surface area contributed by atoms with Crippen LogP contribution < -0.4 is 0 Å². The van der Waals surface area contributed by atoms with Gasteiger partial charge in [-0.2, -0.15) is 0 Å². The molecule has 0 aromatic heterocycles. The number of aliphatic hydroxyl groups excluding tert-OH is 2. The van der Waals surface area contributed by atoms with Crippen LogP contribution in [0.2, 0.25) is 0 Å². The summed E-state index contributed by atoms with van der Waals surface area (Å²) in [5.41, 5.74) is 0. The molecule has 2 N–H and O–H groups in total. The zero-order chi connectivity index (χ0) is 7.02. The molecule has 1 fully saturated rings. The van der Waals surface area contributed by atoms with E-state index in [2.05, 4.69) is 0 Å². The molecule has 0 spiro atoms. The molecule has 0 radical (unpaired) electrons. The van der Waals surface area contributed by atoms with Crippen LogP contribution in [-0.4, -0.2) is 47.3 Å². The van der Waals surface area contributed by atoms with Gasteiger partial charge in [0.25, 0.3) is 0 Å². The van der Waals surface area contributed by atoms with Crippen molar-refractivity contribution in [3.63, 3.8) is 0 Å². The van der Waals surface area contributed by atoms with Crippen molar-refractivity contribution in [1.82, 2.24) is 0 Å². The SMILES string of the molecule is O=C1[AsH]C(=O)C(O)C1O. The van der Waals surface area contributed by atoms with Crippen molar-refractivity contribution in [1.29, 1.82) is 0 Å². The number of aliphatic hydroxyl groups is 2. The van der Waals surface area contributed by atoms with Crippen LogP contribution in [0.5, 0.6) is 0 Å². The molecule has 1 aliphatic heterocycles. The van der Waals surface area contributed by atoms with Crippen LogP contribution in [0.4, 0.5) is 0 Å². The van der Waals surface area contributed by atoms with E-state index in [-0.39, 0.29) is 0 Å². The van der Waals surface area contributed by atoms with Crippen LogP contribution in [0.1, 0.15) is 0 Å². The standard InChI is InChI=1S/C4H5AsO4/c6-1-2(7)4(9)5-3(1)8/h1-2,5-7H. The van der Waals surface area contributed by atoms with E-state index in [1.54, 1.807) is 0 Å². The van der Waals surface area contributed by atoms with Gasteiger partial charge in [-0.1, -0.05) is 0 Å². The Balaban J connectivity index is 2.77. The molecule has 1 rings (SSSR count). The van der Waals surface area contributed by atoms with E-state index >= 15 is 0 Å². The van der Waals surface area contributed by atoms with Crippen molar-refractivity contribution in [3.05, 3.63) is 0 Å². The van der Waals surface area contributed by atoms with Crippen LogP contribution in [0, 0.1) is 0 Å². The van der Waals surface area contributed by atoms with Crippen molar-refractivity contribution in [2.75, 3.05) is 0 Å². The Labute approximate surface area is 57.6 Å². The number of rotatable bonds is 0. The van der Waals surface area contributed by atoms with E-state index < -0.39 is 37.1 Å². The molecule has 0 saturated carbocycles. The normalized spacial score (nSPS) is 38.4. The Bertz CT molecular complexity index is 148. The molecule has 5 heteroatoms. The topological polar surface area (TPSA) is 74.6 Å². The Kier molecular flexibility index (Phi) is 1.70. The molecular weight excluding hydrogens is 187 g/mol. The minimum atomic E-state index is -1.42. The zero-order valence-electron chi connectivity index (χ0n) is 4.37. The summed E-state index contributed by atoms with van der Waals surface area (Å²) in [5.74, 6) is 0. The van der Waals surface area contributed by atoms with Gasteiger partial charge in [0.1, 0.15) is 0 Å². The van der Waals surface area contributed by atoms with Gasteiger partial charge >= 0.3 is 56.9 Å². The number of carbonyl (C=O) groups excluding carboxylic acids is 2. The fourth-order valence-electron chi connectivity index (χ4n) is 0.556. The molecule has 0 aromatic carbocycles. The average molecular weight is 192 g/mol. The summed E-state index contributed by atoms with van der Waals surface area (Å²) in [6.07, 6.45) is -2.84. The first-order valence-corrected chi connectivity index (χ1v) is 4.43. The maximum atomic E-state index is 10.4. The van der Waals surface area contributed by atoms with E-state index in [1.165, 1.54) is 0 Å². The molecule has 1 aliphatic rings. The summed E-state index contributed by atoms with van der Waals surface area (Å²) in [6, 6.07) is 0. The van der Waals surface area contributed by atoms with Gasteiger partial charge in [0, 0.05) is 0 Å².